The third kappa shape index (κ3) is 2.97. The monoisotopic (exact) mass is 346 g/mol. The highest BCUT2D eigenvalue weighted by molar-refractivity contribution is 7.17. The summed E-state index contributed by atoms with van der Waals surface area (Å²) in [6, 6.07) is 1.88. The van der Waals surface area contributed by atoms with Crippen molar-refractivity contribution in [1.82, 2.24) is 30.0 Å². The predicted molar refractivity (Wildman–Crippen MR) is 90.0 cm³/mol. The van der Waals surface area contributed by atoms with E-state index in [-0.39, 0.29) is 11.7 Å². The summed E-state index contributed by atoms with van der Waals surface area (Å²) in [5.74, 6) is 2.22. The number of thiophene rings is 1. The maximum Gasteiger partial charge on any atom is 0.268 e. The molecular weight excluding hydrogens is 328 g/mol. The van der Waals surface area contributed by atoms with Crippen LogP contribution in [0.4, 0.5) is 0 Å². The van der Waals surface area contributed by atoms with E-state index in [1.165, 1.54) is 11.3 Å². The number of fused-ring (bicyclic) bond motifs is 1. The van der Waals surface area contributed by atoms with E-state index < -0.39 is 0 Å². The van der Waals surface area contributed by atoms with Gasteiger partial charge in [-0.25, -0.2) is 9.97 Å². The van der Waals surface area contributed by atoms with E-state index in [0.29, 0.717) is 36.0 Å². The van der Waals surface area contributed by atoms with E-state index in [0.717, 1.165) is 24.3 Å². The van der Waals surface area contributed by atoms with Crippen molar-refractivity contribution < 1.29 is 4.74 Å². The minimum atomic E-state index is -0.160. The van der Waals surface area contributed by atoms with Crippen molar-refractivity contribution in [2.45, 2.75) is 26.0 Å². The topological polar surface area (TPSA) is 99.8 Å². The summed E-state index contributed by atoms with van der Waals surface area (Å²) in [7, 11) is 0. The van der Waals surface area contributed by atoms with Crippen molar-refractivity contribution in [2.24, 2.45) is 0 Å². The molecule has 4 heterocycles. The number of aryl methyl sites for hydroxylation is 1. The average Bonchev–Trinajstić information content (AvgIpc) is 3.24. The van der Waals surface area contributed by atoms with E-state index in [2.05, 4.69) is 30.0 Å². The van der Waals surface area contributed by atoms with Crippen LogP contribution in [0.15, 0.2) is 16.2 Å². The van der Waals surface area contributed by atoms with Gasteiger partial charge in [-0.05, 0) is 11.4 Å². The van der Waals surface area contributed by atoms with Crippen LogP contribution in [-0.4, -0.2) is 49.7 Å². The molecule has 3 aromatic heterocycles. The fourth-order valence-corrected chi connectivity index (χ4v) is 3.55. The van der Waals surface area contributed by atoms with Crippen molar-refractivity contribution in [2.75, 3.05) is 19.7 Å². The number of nitrogens with one attached hydrogen (secondary N) is 2. The highest BCUT2D eigenvalue weighted by atomic mass is 32.1. The first-order chi connectivity index (χ1) is 11.7. The van der Waals surface area contributed by atoms with Crippen molar-refractivity contribution in [3.8, 4) is 0 Å². The van der Waals surface area contributed by atoms with E-state index >= 15 is 0 Å². The van der Waals surface area contributed by atoms with E-state index in [4.69, 9.17) is 4.74 Å². The van der Waals surface area contributed by atoms with Crippen LogP contribution >= 0.6 is 11.3 Å². The first-order valence-electron chi connectivity index (χ1n) is 7.94. The second-order valence-corrected chi connectivity index (χ2v) is 6.65. The Morgan fingerprint density at radius 3 is 3.17 bits per heavy atom. The van der Waals surface area contributed by atoms with Crippen LogP contribution in [0.25, 0.3) is 10.2 Å². The Balaban J connectivity index is 1.50. The lowest BCUT2D eigenvalue weighted by Crippen LogP contribution is -2.38. The number of hydrogen-bond donors (Lipinski definition) is 2. The van der Waals surface area contributed by atoms with Crippen molar-refractivity contribution in [1.29, 1.82) is 0 Å². The lowest BCUT2D eigenvalue weighted by molar-refractivity contribution is -0.0378. The molecule has 1 aliphatic heterocycles. The van der Waals surface area contributed by atoms with Gasteiger partial charge >= 0.3 is 0 Å². The van der Waals surface area contributed by atoms with Gasteiger partial charge in [0.25, 0.3) is 5.56 Å². The Kier molecular flexibility index (Phi) is 4.13. The van der Waals surface area contributed by atoms with Crippen LogP contribution in [0.3, 0.4) is 0 Å². The third-order valence-electron chi connectivity index (χ3n) is 4.06. The zero-order chi connectivity index (χ0) is 16.5. The van der Waals surface area contributed by atoms with Crippen LogP contribution in [0.1, 0.15) is 30.5 Å². The Morgan fingerprint density at radius 1 is 1.42 bits per heavy atom. The number of rotatable bonds is 4. The van der Waals surface area contributed by atoms with Crippen LogP contribution in [-0.2, 0) is 17.7 Å². The number of nitrogens with zero attached hydrogens (tertiary/aromatic N) is 4. The van der Waals surface area contributed by atoms with Crippen molar-refractivity contribution in [3.05, 3.63) is 39.3 Å². The molecule has 0 radical (unpaired) electrons. The maximum atomic E-state index is 12.1. The van der Waals surface area contributed by atoms with Crippen LogP contribution < -0.4 is 5.56 Å². The average molecular weight is 346 g/mol. The normalized spacial score (nSPS) is 19.1. The molecule has 8 nitrogen and oxygen atoms in total. The largest absolute Gasteiger partial charge is 0.367 e. The molecule has 0 bridgehead atoms. The summed E-state index contributed by atoms with van der Waals surface area (Å²) in [5.41, 5.74) is 0.682. The Morgan fingerprint density at radius 2 is 2.33 bits per heavy atom. The summed E-state index contributed by atoms with van der Waals surface area (Å²) >= 11 is 1.41. The van der Waals surface area contributed by atoms with E-state index in [9.17, 15) is 4.79 Å². The fraction of sp³-hybridized carbons (Fsp3) is 0.467. The van der Waals surface area contributed by atoms with Crippen LogP contribution in [0.2, 0.25) is 0 Å². The summed E-state index contributed by atoms with van der Waals surface area (Å²) in [6.45, 7) is 4.66. The van der Waals surface area contributed by atoms with Crippen LogP contribution in [0, 0.1) is 0 Å². The maximum absolute atomic E-state index is 12.1. The number of hydrogen-bond acceptors (Lipinski definition) is 7. The SMILES string of the molecule is CCc1nc(C2CN(Cc3nc4ccsc4c(=O)[nH]3)CCO2)n[nH]1. The number of aromatic amines is 2. The first-order valence-corrected chi connectivity index (χ1v) is 8.82. The second kappa shape index (κ2) is 6.42. The Labute approximate surface area is 141 Å². The zero-order valence-electron chi connectivity index (χ0n) is 13.3. The lowest BCUT2D eigenvalue weighted by atomic mass is 10.2. The molecule has 1 saturated heterocycles. The summed E-state index contributed by atoms with van der Waals surface area (Å²) < 4.78 is 6.47. The number of aromatic nitrogens is 5. The van der Waals surface area contributed by atoms with Gasteiger partial charge in [0.2, 0.25) is 0 Å². The summed E-state index contributed by atoms with van der Waals surface area (Å²) in [4.78, 5) is 26.1. The molecule has 0 saturated carbocycles. The summed E-state index contributed by atoms with van der Waals surface area (Å²) in [5, 5.41) is 9.05. The van der Waals surface area contributed by atoms with Gasteiger partial charge in [-0.3, -0.25) is 14.8 Å². The Bertz CT molecular complexity index is 901. The van der Waals surface area contributed by atoms with E-state index in [1.807, 2.05) is 18.4 Å². The molecular formula is C15H18N6O2S. The molecule has 9 heteroatoms. The molecule has 2 N–H and O–H groups in total. The molecule has 1 aliphatic rings. The molecule has 1 fully saturated rings. The molecule has 0 aliphatic carbocycles. The molecule has 1 atom stereocenters. The predicted octanol–water partition coefficient (Wildman–Crippen LogP) is 1.24. The van der Waals surface area contributed by atoms with Gasteiger partial charge in [-0.2, -0.15) is 5.10 Å². The number of morpholine rings is 1. The highest BCUT2D eigenvalue weighted by Crippen LogP contribution is 2.20. The van der Waals surface area contributed by atoms with Gasteiger partial charge in [0.15, 0.2) is 5.82 Å². The first kappa shape index (κ1) is 15.4. The van der Waals surface area contributed by atoms with E-state index in [1.54, 1.807) is 0 Å². The third-order valence-corrected chi connectivity index (χ3v) is 4.96. The molecule has 0 aromatic carbocycles. The molecule has 1 unspecified atom stereocenters. The van der Waals surface area contributed by atoms with Gasteiger partial charge in [-0.15, -0.1) is 11.3 Å². The minimum Gasteiger partial charge on any atom is -0.367 e. The lowest BCUT2D eigenvalue weighted by Gasteiger charge is -2.31. The van der Waals surface area contributed by atoms with Gasteiger partial charge < -0.3 is 9.72 Å². The second-order valence-electron chi connectivity index (χ2n) is 5.74. The fourth-order valence-electron chi connectivity index (χ4n) is 2.82. The highest BCUT2D eigenvalue weighted by Gasteiger charge is 2.25. The van der Waals surface area contributed by atoms with Crippen molar-refractivity contribution in [3.63, 3.8) is 0 Å². The minimum absolute atomic E-state index is 0.0728. The molecule has 4 rings (SSSR count). The number of H-pyrrole nitrogens is 2. The summed E-state index contributed by atoms with van der Waals surface area (Å²) in [6.07, 6.45) is 0.654. The van der Waals surface area contributed by atoms with Crippen LogP contribution in [0.5, 0.6) is 0 Å². The molecule has 0 amide bonds. The smallest absolute Gasteiger partial charge is 0.268 e. The Hall–Kier alpha value is -2.10. The van der Waals surface area contributed by atoms with Gasteiger partial charge in [0, 0.05) is 19.5 Å². The van der Waals surface area contributed by atoms with Gasteiger partial charge in [0.05, 0.1) is 18.7 Å². The number of ether oxygens (including phenoxy) is 1. The molecule has 0 spiro atoms. The molecule has 126 valence electrons. The molecule has 24 heavy (non-hydrogen) atoms. The quantitative estimate of drug-likeness (QED) is 0.737. The standard InChI is InChI=1S/C15H18N6O2S/c1-2-11-17-14(20-19-11)10-7-21(4-5-23-10)8-12-16-9-3-6-24-13(9)15(22)18-12/h3,6,10H,2,4-5,7-8H2,1H3,(H,16,18,22)(H,17,19,20). The molecule has 3 aromatic rings. The zero-order valence-corrected chi connectivity index (χ0v) is 14.1. The van der Waals surface area contributed by atoms with Crippen molar-refractivity contribution >= 4 is 21.6 Å². The van der Waals surface area contributed by atoms with Gasteiger partial charge in [-0.1, -0.05) is 6.92 Å². The van der Waals surface area contributed by atoms with Gasteiger partial charge in [0.1, 0.15) is 22.5 Å².